The van der Waals surface area contributed by atoms with E-state index in [0.29, 0.717) is 19.6 Å². The Kier molecular flexibility index (Phi) is 5.10. The van der Waals surface area contributed by atoms with Gasteiger partial charge in [0.25, 0.3) is 0 Å². The number of nitrogens with zero attached hydrogens (tertiary/aromatic N) is 3. The first kappa shape index (κ1) is 17.9. The highest BCUT2D eigenvalue weighted by atomic mass is 16.3. The lowest BCUT2D eigenvalue weighted by Crippen LogP contribution is -2.41. The van der Waals surface area contributed by atoms with Crippen molar-refractivity contribution in [1.82, 2.24) is 20.0 Å². The van der Waals surface area contributed by atoms with Crippen LogP contribution >= 0.6 is 0 Å². The van der Waals surface area contributed by atoms with Gasteiger partial charge in [0, 0.05) is 31.4 Å². The number of carbonyl (C=O) groups excluding carboxylic acids is 1. The third-order valence-electron chi connectivity index (χ3n) is 4.83. The van der Waals surface area contributed by atoms with Crippen molar-refractivity contribution in [1.29, 1.82) is 0 Å². The molecule has 0 bridgehead atoms. The maximum atomic E-state index is 12.5. The van der Waals surface area contributed by atoms with E-state index >= 15 is 0 Å². The molecule has 142 valence electrons. The van der Waals surface area contributed by atoms with Crippen LogP contribution in [0.3, 0.4) is 0 Å². The van der Waals surface area contributed by atoms with Crippen molar-refractivity contribution in [3.63, 3.8) is 0 Å². The molecule has 0 saturated carbocycles. The van der Waals surface area contributed by atoms with Gasteiger partial charge in [-0.1, -0.05) is 36.4 Å². The minimum atomic E-state index is -0.0755. The third kappa shape index (κ3) is 4.06. The number of nitrogens with one attached hydrogen (secondary N) is 1. The van der Waals surface area contributed by atoms with Crippen LogP contribution in [0.1, 0.15) is 17.5 Å². The zero-order chi connectivity index (χ0) is 19.3. The summed E-state index contributed by atoms with van der Waals surface area (Å²) in [5.41, 5.74) is 4.23. The van der Waals surface area contributed by atoms with Crippen LogP contribution in [0.5, 0.6) is 5.75 Å². The fraction of sp³-hybridized carbons (Fsp3) is 0.182. The van der Waals surface area contributed by atoms with Crippen LogP contribution in [0.25, 0.3) is 11.3 Å². The first-order valence-electron chi connectivity index (χ1n) is 9.29. The number of rotatable bonds is 4. The molecule has 4 rings (SSSR count). The monoisotopic (exact) mass is 374 g/mol. The summed E-state index contributed by atoms with van der Waals surface area (Å²) in [4.78, 5) is 14.3. The zero-order valence-corrected chi connectivity index (χ0v) is 15.5. The van der Waals surface area contributed by atoms with Gasteiger partial charge in [-0.2, -0.15) is 5.10 Å². The largest absolute Gasteiger partial charge is 0.508 e. The number of hydrogen-bond donors (Lipinski definition) is 2. The Bertz CT molecular complexity index is 977. The first-order chi connectivity index (χ1) is 13.7. The Labute approximate surface area is 163 Å². The van der Waals surface area contributed by atoms with Gasteiger partial charge in [-0.25, -0.2) is 9.48 Å². The Morgan fingerprint density at radius 2 is 1.89 bits per heavy atom. The molecular weight excluding hydrogens is 352 g/mol. The van der Waals surface area contributed by atoms with E-state index in [0.717, 1.165) is 23.2 Å². The summed E-state index contributed by atoms with van der Waals surface area (Å²) in [6.45, 7) is 1.68. The van der Waals surface area contributed by atoms with Gasteiger partial charge in [-0.15, -0.1) is 0 Å². The van der Waals surface area contributed by atoms with Gasteiger partial charge in [-0.05, 0) is 41.8 Å². The molecule has 2 amide bonds. The Hall–Kier alpha value is -3.54. The summed E-state index contributed by atoms with van der Waals surface area (Å²) < 4.78 is 1.80. The van der Waals surface area contributed by atoms with Crippen molar-refractivity contribution in [3.05, 3.63) is 84.2 Å². The summed E-state index contributed by atoms with van der Waals surface area (Å²) in [7, 11) is 0. The van der Waals surface area contributed by atoms with Crippen molar-refractivity contribution in [2.45, 2.75) is 13.0 Å². The average Bonchev–Trinajstić information content (AvgIpc) is 3.22. The van der Waals surface area contributed by atoms with Crippen LogP contribution in [-0.2, 0) is 6.54 Å². The number of phenols is 1. The molecule has 1 aromatic heterocycles. The van der Waals surface area contributed by atoms with Gasteiger partial charge >= 0.3 is 6.03 Å². The Balaban J connectivity index is 1.31. The molecule has 0 radical (unpaired) electrons. The number of benzene rings is 2. The smallest absolute Gasteiger partial charge is 0.317 e. The molecule has 1 aliphatic heterocycles. The molecule has 0 spiro atoms. The lowest BCUT2D eigenvalue weighted by Gasteiger charge is -2.26. The minimum absolute atomic E-state index is 0.0755. The van der Waals surface area contributed by atoms with E-state index < -0.39 is 0 Å². The third-order valence-corrected chi connectivity index (χ3v) is 4.83. The number of aromatic hydroxyl groups is 1. The second-order valence-electron chi connectivity index (χ2n) is 6.76. The predicted octanol–water partition coefficient (Wildman–Crippen LogP) is 3.58. The van der Waals surface area contributed by atoms with Crippen LogP contribution in [0.15, 0.2) is 73.1 Å². The van der Waals surface area contributed by atoms with E-state index in [9.17, 15) is 9.90 Å². The molecule has 28 heavy (non-hydrogen) atoms. The highest BCUT2D eigenvalue weighted by Gasteiger charge is 2.17. The second-order valence-corrected chi connectivity index (χ2v) is 6.76. The molecule has 6 nitrogen and oxygen atoms in total. The average molecular weight is 374 g/mol. The van der Waals surface area contributed by atoms with Crippen LogP contribution in [0.4, 0.5) is 4.79 Å². The SMILES string of the molecule is O=C(NCc1cnn(-c2ccccc2)c1)N1CC=C(c2ccc(O)cc2)CC1. The lowest BCUT2D eigenvalue weighted by atomic mass is 9.99. The van der Waals surface area contributed by atoms with Crippen molar-refractivity contribution in [2.24, 2.45) is 0 Å². The topological polar surface area (TPSA) is 70.4 Å². The molecular formula is C22H22N4O2. The highest BCUT2D eigenvalue weighted by molar-refractivity contribution is 5.76. The molecule has 0 aliphatic carbocycles. The van der Waals surface area contributed by atoms with Gasteiger partial charge < -0.3 is 15.3 Å². The van der Waals surface area contributed by atoms with E-state index in [1.165, 1.54) is 5.57 Å². The molecule has 6 heteroatoms. The molecule has 0 fully saturated rings. The lowest BCUT2D eigenvalue weighted by molar-refractivity contribution is 0.202. The molecule has 3 aromatic rings. The molecule has 0 saturated heterocycles. The normalized spacial score (nSPS) is 13.9. The predicted molar refractivity (Wildman–Crippen MR) is 108 cm³/mol. The van der Waals surface area contributed by atoms with Crippen LogP contribution in [-0.4, -0.2) is 38.9 Å². The number of aromatic nitrogens is 2. The van der Waals surface area contributed by atoms with E-state index in [1.54, 1.807) is 27.9 Å². The molecule has 2 aromatic carbocycles. The van der Waals surface area contributed by atoms with E-state index in [1.807, 2.05) is 48.7 Å². The van der Waals surface area contributed by atoms with Crippen LogP contribution in [0.2, 0.25) is 0 Å². The van der Waals surface area contributed by atoms with Crippen molar-refractivity contribution < 1.29 is 9.90 Å². The quantitative estimate of drug-likeness (QED) is 0.733. The van der Waals surface area contributed by atoms with Gasteiger partial charge in [0.1, 0.15) is 5.75 Å². The Morgan fingerprint density at radius 1 is 1.11 bits per heavy atom. The summed E-state index contributed by atoms with van der Waals surface area (Å²) >= 11 is 0. The van der Waals surface area contributed by atoms with Crippen LogP contribution in [0, 0.1) is 0 Å². The van der Waals surface area contributed by atoms with Crippen molar-refractivity contribution in [3.8, 4) is 11.4 Å². The maximum Gasteiger partial charge on any atom is 0.317 e. The number of hydrogen-bond acceptors (Lipinski definition) is 3. The molecule has 2 heterocycles. The molecule has 2 N–H and O–H groups in total. The van der Waals surface area contributed by atoms with Gasteiger partial charge in [0.05, 0.1) is 11.9 Å². The summed E-state index contributed by atoms with van der Waals surface area (Å²) in [5.74, 6) is 0.261. The fourth-order valence-electron chi connectivity index (χ4n) is 3.25. The van der Waals surface area contributed by atoms with E-state index in [2.05, 4.69) is 16.5 Å². The second kappa shape index (κ2) is 8.00. The number of phenolic OH excluding ortho intramolecular Hbond substituents is 1. The molecule has 0 unspecified atom stereocenters. The van der Waals surface area contributed by atoms with Crippen LogP contribution < -0.4 is 5.32 Å². The number of para-hydroxylation sites is 1. The van der Waals surface area contributed by atoms with Gasteiger partial charge in [0.15, 0.2) is 0 Å². The van der Waals surface area contributed by atoms with E-state index in [4.69, 9.17) is 0 Å². The summed E-state index contributed by atoms with van der Waals surface area (Å²) in [6.07, 6.45) is 6.56. The summed E-state index contributed by atoms with van der Waals surface area (Å²) in [6, 6.07) is 17.0. The standard InChI is InChI=1S/C22H22N4O2/c27-21-8-6-18(7-9-21)19-10-12-25(13-11-19)22(28)23-14-17-15-24-26(16-17)20-4-2-1-3-5-20/h1-10,15-16,27H,11-14H2,(H,23,28). The number of amides is 2. The molecule has 1 aliphatic rings. The zero-order valence-electron chi connectivity index (χ0n) is 15.5. The summed E-state index contributed by atoms with van der Waals surface area (Å²) in [5, 5.41) is 16.7. The van der Waals surface area contributed by atoms with Gasteiger partial charge in [0.2, 0.25) is 0 Å². The number of carbonyl (C=O) groups is 1. The Morgan fingerprint density at radius 3 is 2.61 bits per heavy atom. The first-order valence-corrected chi connectivity index (χ1v) is 9.29. The fourth-order valence-corrected chi connectivity index (χ4v) is 3.25. The minimum Gasteiger partial charge on any atom is -0.508 e. The van der Waals surface area contributed by atoms with Gasteiger partial charge in [-0.3, -0.25) is 0 Å². The number of urea groups is 1. The van der Waals surface area contributed by atoms with E-state index in [-0.39, 0.29) is 11.8 Å². The highest BCUT2D eigenvalue weighted by Crippen LogP contribution is 2.24. The van der Waals surface area contributed by atoms with Crippen molar-refractivity contribution in [2.75, 3.05) is 13.1 Å². The van der Waals surface area contributed by atoms with Crippen molar-refractivity contribution >= 4 is 11.6 Å². The maximum absolute atomic E-state index is 12.5. The molecule has 0 atom stereocenters.